The first-order valence-corrected chi connectivity index (χ1v) is 11.1. The summed E-state index contributed by atoms with van der Waals surface area (Å²) in [6.07, 6.45) is 3.93. The van der Waals surface area contributed by atoms with Gasteiger partial charge in [-0.2, -0.15) is 0 Å². The maximum atomic E-state index is 13.5. The van der Waals surface area contributed by atoms with Crippen molar-refractivity contribution < 1.29 is 14.2 Å². The monoisotopic (exact) mass is 431 g/mol. The van der Waals surface area contributed by atoms with Gasteiger partial charge in [0.15, 0.2) is 4.90 Å². The Balaban J connectivity index is 1.66. The molecule has 0 aliphatic carbocycles. The number of aromatic nitrogens is 2. The van der Waals surface area contributed by atoms with E-state index in [1.807, 2.05) is 36.4 Å². The first-order valence-electron chi connectivity index (χ1n) is 9.77. The Bertz CT molecular complexity index is 1270. The molecule has 0 amide bonds. The topological polar surface area (TPSA) is 84.3 Å². The van der Waals surface area contributed by atoms with E-state index in [2.05, 4.69) is 15.1 Å². The van der Waals surface area contributed by atoms with Crippen LogP contribution in [0.2, 0.25) is 0 Å². The lowest BCUT2D eigenvalue weighted by Gasteiger charge is -2.20. The summed E-state index contributed by atoms with van der Waals surface area (Å²) in [5.74, 6) is 0.161. The zero-order valence-electron chi connectivity index (χ0n) is 16.4. The molecule has 0 saturated heterocycles. The number of fused-ring (bicyclic) bond motifs is 1. The van der Waals surface area contributed by atoms with Gasteiger partial charge in [0.05, 0.1) is 17.0 Å². The van der Waals surface area contributed by atoms with Gasteiger partial charge < -0.3 is 14.7 Å². The van der Waals surface area contributed by atoms with Crippen molar-refractivity contribution in [3.8, 4) is 33.6 Å². The van der Waals surface area contributed by atoms with Gasteiger partial charge in [-0.05, 0) is 88.5 Å². The average molecular weight is 431 g/mol. The molecule has 0 fully saturated rings. The molecule has 0 radical (unpaired) electrons. The molecule has 0 bridgehead atoms. The molecule has 1 aliphatic rings. The van der Waals surface area contributed by atoms with E-state index in [9.17, 15) is 14.2 Å². The van der Waals surface area contributed by atoms with E-state index >= 15 is 0 Å². The Morgan fingerprint density at radius 2 is 1.68 bits per heavy atom. The summed E-state index contributed by atoms with van der Waals surface area (Å²) < 4.78 is 25.9. The molecule has 5 nitrogen and oxygen atoms in total. The smallest absolute Gasteiger partial charge is 0.161 e. The van der Waals surface area contributed by atoms with Gasteiger partial charge in [0.1, 0.15) is 11.6 Å². The molecule has 4 aromatic rings. The Morgan fingerprint density at radius 3 is 2.42 bits per heavy atom. The van der Waals surface area contributed by atoms with Crippen LogP contribution in [0, 0.1) is 5.82 Å². The van der Waals surface area contributed by atoms with E-state index in [0.717, 1.165) is 33.6 Å². The molecule has 2 aromatic heterocycles. The highest BCUT2D eigenvalue weighted by Gasteiger charge is 2.27. The highest BCUT2D eigenvalue weighted by Crippen LogP contribution is 2.37. The van der Waals surface area contributed by atoms with Crippen molar-refractivity contribution in [3.05, 3.63) is 84.4 Å². The molecular formula is C24H18FN3O2S. The molecule has 154 valence electrons. The number of halogens is 1. The molecule has 2 N–H and O–H groups in total. The maximum Gasteiger partial charge on any atom is 0.161 e. The minimum Gasteiger partial charge on any atom is -0.611 e. The van der Waals surface area contributed by atoms with Crippen molar-refractivity contribution in [1.82, 2.24) is 9.97 Å². The molecule has 3 heterocycles. The van der Waals surface area contributed by atoms with Gasteiger partial charge in [-0.25, -0.2) is 4.39 Å². The van der Waals surface area contributed by atoms with E-state index in [4.69, 9.17) is 0 Å². The molecule has 1 atom stereocenters. The van der Waals surface area contributed by atoms with Crippen molar-refractivity contribution in [1.29, 1.82) is 0 Å². The predicted octanol–water partition coefficient (Wildman–Crippen LogP) is 5.24. The van der Waals surface area contributed by atoms with Gasteiger partial charge in [0.2, 0.25) is 0 Å². The number of hydrogen-bond acceptors (Lipinski definition) is 4. The van der Waals surface area contributed by atoms with Gasteiger partial charge in [-0.1, -0.05) is 5.16 Å². The minimum atomic E-state index is -1.11. The summed E-state index contributed by atoms with van der Waals surface area (Å²) in [6, 6.07) is 17.9. The second-order valence-corrected chi connectivity index (χ2v) is 8.81. The molecule has 0 spiro atoms. The lowest BCUT2D eigenvalue weighted by atomic mass is 10.0. The van der Waals surface area contributed by atoms with Gasteiger partial charge in [-0.15, -0.1) is 0 Å². The molecule has 31 heavy (non-hydrogen) atoms. The van der Waals surface area contributed by atoms with E-state index < -0.39 is 11.2 Å². The second-order valence-electron chi connectivity index (χ2n) is 7.27. The molecule has 7 heteroatoms. The summed E-state index contributed by atoms with van der Waals surface area (Å²) in [4.78, 5) is 8.24. The standard InChI is InChI=1S/C24H18FN3O2S/c25-18-4-1-16(2-5-18)24-19(15-7-10-26-11-8-15)14-22(27-24)17-3-6-23-20(13-17)21(28-29)9-12-31(23)30/h1-8,10-11,13-14,27,29H,9,12H2. The van der Waals surface area contributed by atoms with Crippen LogP contribution in [0.25, 0.3) is 33.6 Å². The fraction of sp³-hybridized carbons (Fsp3) is 0.0833. The first-order chi connectivity index (χ1) is 15.1. The summed E-state index contributed by atoms with van der Waals surface area (Å²) in [5.41, 5.74) is 6.62. The number of nitrogens with zero attached hydrogens (tertiary/aromatic N) is 2. The first kappa shape index (κ1) is 19.5. The fourth-order valence-electron chi connectivity index (χ4n) is 3.87. The Labute approximate surface area is 181 Å². The Morgan fingerprint density at radius 1 is 0.935 bits per heavy atom. The van der Waals surface area contributed by atoms with Crippen LogP contribution in [0.1, 0.15) is 12.0 Å². The lowest BCUT2D eigenvalue weighted by Crippen LogP contribution is -2.22. The molecule has 1 unspecified atom stereocenters. The van der Waals surface area contributed by atoms with Crippen LogP contribution in [-0.2, 0) is 11.2 Å². The average Bonchev–Trinajstić information content (AvgIpc) is 3.26. The number of benzene rings is 2. The van der Waals surface area contributed by atoms with Crippen LogP contribution in [0.4, 0.5) is 4.39 Å². The third-order valence-corrected chi connectivity index (χ3v) is 6.86. The maximum absolute atomic E-state index is 13.5. The molecule has 0 saturated carbocycles. The van der Waals surface area contributed by atoms with E-state index in [1.165, 1.54) is 12.1 Å². The van der Waals surface area contributed by atoms with Gasteiger partial charge in [0.25, 0.3) is 0 Å². The quantitative estimate of drug-likeness (QED) is 0.264. The third kappa shape index (κ3) is 3.62. The van der Waals surface area contributed by atoms with Crippen molar-refractivity contribution >= 4 is 16.9 Å². The van der Waals surface area contributed by atoms with Crippen LogP contribution >= 0.6 is 0 Å². The molecule has 1 aliphatic heterocycles. The zero-order valence-corrected chi connectivity index (χ0v) is 17.2. The fourth-order valence-corrected chi connectivity index (χ4v) is 5.11. The Hall–Kier alpha value is -3.42. The molecular weight excluding hydrogens is 413 g/mol. The minimum absolute atomic E-state index is 0.292. The van der Waals surface area contributed by atoms with E-state index in [1.54, 1.807) is 24.5 Å². The normalized spacial score (nSPS) is 17.0. The third-order valence-electron chi connectivity index (χ3n) is 5.43. The summed E-state index contributed by atoms with van der Waals surface area (Å²) in [7, 11) is 0. The second kappa shape index (κ2) is 8.02. The summed E-state index contributed by atoms with van der Waals surface area (Å²) in [6.45, 7) is 0. The van der Waals surface area contributed by atoms with E-state index in [0.29, 0.717) is 28.3 Å². The SMILES string of the molecule is [O-][S+]1CCC(=NO)c2cc(-c3cc(-c4ccncc4)c(-c4ccc(F)cc4)[nH]3)ccc21. The van der Waals surface area contributed by atoms with Crippen molar-refractivity contribution in [3.63, 3.8) is 0 Å². The predicted molar refractivity (Wildman–Crippen MR) is 119 cm³/mol. The van der Waals surface area contributed by atoms with Crippen LogP contribution in [-0.4, -0.2) is 31.2 Å². The van der Waals surface area contributed by atoms with Crippen LogP contribution in [0.15, 0.2) is 83.1 Å². The van der Waals surface area contributed by atoms with Crippen molar-refractivity contribution in [2.75, 3.05) is 5.75 Å². The highest BCUT2D eigenvalue weighted by molar-refractivity contribution is 7.91. The zero-order chi connectivity index (χ0) is 21.4. The van der Waals surface area contributed by atoms with Gasteiger partial charge >= 0.3 is 0 Å². The molecule has 5 rings (SSSR count). The van der Waals surface area contributed by atoms with Crippen LogP contribution in [0.3, 0.4) is 0 Å². The summed E-state index contributed by atoms with van der Waals surface area (Å²) in [5, 5.41) is 12.8. The number of H-pyrrole nitrogens is 1. The summed E-state index contributed by atoms with van der Waals surface area (Å²) >= 11 is -1.11. The van der Waals surface area contributed by atoms with Crippen LogP contribution < -0.4 is 0 Å². The highest BCUT2D eigenvalue weighted by atomic mass is 32.2. The van der Waals surface area contributed by atoms with Crippen LogP contribution in [0.5, 0.6) is 0 Å². The van der Waals surface area contributed by atoms with Crippen molar-refractivity contribution in [2.45, 2.75) is 11.3 Å². The lowest BCUT2D eigenvalue weighted by molar-refractivity contribution is 0.318. The number of oxime groups is 1. The number of nitrogens with one attached hydrogen (secondary N) is 1. The Kier molecular flexibility index (Phi) is 5.05. The number of aromatic amines is 1. The van der Waals surface area contributed by atoms with Crippen molar-refractivity contribution in [2.24, 2.45) is 5.16 Å². The van der Waals surface area contributed by atoms with Gasteiger partial charge in [0, 0.05) is 30.1 Å². The van der Waals surface area contributed by atoms with E-state index in [-0.39, 0.29) is 5.82 Å². The largest absolute Gasteiger partial charge is 0.611 e. The number of rotatable bonds is 3. The molecule has 2 aromatic carbocycles. The van der Waals surface area contributed by atoms with Gasteiger partial charge in [-0.3, -0.25) is 4.98 Å². The number of hydrogen-bond donors (Lipinski definition) is 2. The number of pyridine rings is 1.